The largest absolute Gasteiger partial charge is 0.490 e. The molecule has 6 atom stereocenters. The van der Waals surface area contributed by atoms with E-state index in [4.69, 9.17) is 19.4 Å². The Morgan fingerprint density at radius 3 is 2.41 bits per heavy atom. The highest BCUT2D eigenvalue weighted by atomic mass is 79.9. The zero-order valence-electron chi connectivity index (χ0n) is 15.1. The normalized spacial score (nSPS) is 28.0. The van der Waals surface area contributed by atoms with Crippen LogP contribution in [0.5, 0.6) is 0 Å². The van der Waals surface area contributed by atoms with Gasteiger partial charge in [0.25, 0.3) is 5.56 Å². The Bertz CT molecular complexity index is 1210. The summed E-state index contributed by atoms with van der Waals surface area (Å²) in [7, 11) is -16.8. The Hall–Kier alpha value is -0.880. The fourth-order valence-electron chi connectivity index (χ4n) is 2.67. The molecule has 2 unspecified atom stereocenters. The molecule has 2 aromatic heterocycles. The average molecular weight is 587 g/mol. The average Bonchev–Trinajstić information content (AvgIpc) is 3.08. The Morgan fingerprint density at radius 1 is 1.12 bits per heavy atom. The van der Waals surface area contributed by atoms with E-state index in [-0.39, 0.29) is 15.9 Å². The predicted molar refractivity (Wildman–Crippen MR) is 102 cm³/mol. The number of H-pyrrole nitrogens is 1. The van der Waals surface area contributed by atoms with Crippen LogP contribution < -0.4 is 5.56 Å². The molecule has 3 heterocycles. The number of aliphatic hydroxyl groups is 2. The minimum atomic E-state index is -5.73. The second-order valence-corrected chi connectivity index (χ2v) is 11.2. The second-order valence-electron chi connectivity index (χ2n) is 6.09. The number of ether oxygens (including phenoxy) is 1. The molecule has 1 aliphatic heterocycles. The van der Waals surface area contributed by atoms with E-state index in [1.54, 1.807) is 0 Å². The third kappa shape index (κ3) is 5.78. The number of phosphoric ester groups is 1. The van der Waals surface area contributed by atoms with E-state index in [9.17, 15) is 33.6 Å². The van der Waals surface area contributed by atoms with Gasteiger partial charge in [-0.2, -0.15) is 8.62 Å². The number of nitrogens with one attached hydrogen (secondary N) is 1. The molecule has 3 rings (SSSR count). The van der Waals surface area contributed by atoms with E-state index in [2.05, 4.69) is 44.0 Å². The maximum atomic E-state index is 11.8. The first-order chi connectivity index (χ1) is 14.6. The van der Waals surface area contributed by atoms with Gasteiger partial charge in [0.05, 0.1) is 12.9 Å². The van der Waals surface area contributed by atoms with Crippen molar-refractivity contribution in [3.63, 3.8) is 0 Å². The summed E-state index contributed by atoms with van der Waals surface area (Å²) in [4.78, 5) is 57.6. The van der Waals surface area contributed by atoms with Crippen molar-refractivity contribution in [1.82, 2.24) is 19.5 Å². The Morgan fingerprint density at radius 2 is 1.78 bits per heavy atom. The minimum Gasteiger partial charge on any atom is -0.387 e. The molecular weight excluding hydrogens is 573 g/mol. The van der Waals surface area contributed by atoms with E-state index in [1.807, 2.05) is 0 Å². The van der Waals surface area contributed by atoms with Gasteiger partial charge in [-0.15, -0.1) is 0 Å². The molecular formula is C10H14BrN4O14P3. The number of halogens is 1. The Labute approximate surface area is 184 Å². The summed E-state index contributed by atoms with van der Waals surface area (Å²) in [5.74, 6) is 0. The molecule has 7 N–H and O–H groups in total. The number of aliphatic hydroxyl groups excluding tert-OH is 2. The number of aromatic nitrogens is 4. The van der Waals surface area contributed by atoms with Crippen LogP contribution in [0.2, 0.25) is 0 Å². The summed E-state index contributed by atoms with van der Waals surface area (Å²) >= 11 is 3.06. The lowest BCUT2D eigenvalue weighted by molar-refractivity contribution is -0.0513. The van der Waals surface area contributed by atoms with Crippen LogP contribution in [0, 0.1) is 0 Å². The van der Waals surface area contributed by atoms with Crippen LogP contribution in [-0.4, -0.2) is 74.2 Å². The summed E-state index contributed by atoms with van der Waals surface area (Å²) in [5, 5.41) is 20.5. The van der Waals surface area contributed by atoms with Crippen LogP contribution in [0.1, 0.15) is 6.23 Å². The van der Waals surface area contributed by atoms with Gasteiger partial charge in [-0.1, -0.05) is 0 Å². The molecule has 0 saturated carbocycles. The highest BCUT2D eigenvalue weighted by Crippen LogP contribution is 2.66. The molecule has 18 nitrogen and oxygen atoms in total. The summed E-state index contributed by atoms with van der Waals surface area (Å²) in [6, 6.07) is 0. The maximum absolute atomic E-state index is 11.8. The molecule has 180 valence electrons. The van der Waals surface area contributed by atoms with Gasteiger partial charge in [0.2, 0.25) is 0 Å². The number of rotatable bonds is 8. The monoisotopic (exact) mass is 586 g/mol. The van der Waals surface area contributed by atoms with Crippen LogP contribution in [0.25, 0.3) is 11.2 Å². The van der Waals surface area contributed by atoms with Crippen molar-refractivity contribution in [2.75, 3.05) is 6.61 Å². The van der Waals surface area contributed by atoms with Gasteiger partial charge in [0.15, 0.2) is 22.1 Å². The molecule has 2 aromatic rings. The lowest BCUT2D eigenvalue weighted by atomic mass is 10.1. The van der Waals surface area contributed by atoms with E-state index in [0.29, 0.717) is 0 Å². The lowest BCUT2D eigenvalue weighted by Gasteiger charge is -2.19. The van der Waals surface area contributed by atoms with Crippen LogP contribution in [0.15, 0.2) is 15.9 Å². The smallest absolute Gasteiger partial charge is 0.387 e. The van der Waals surface area contributed by atoms with Crippen LogP contribution >= 0.6 is 39.4 Å². The number of nitrogens with zero attached hydrogens (tertiary/aromatic N) is 3. The SMILES string of the molecule is O=c1[nH]cnc2c1nc(Br)n2[C@@H]1O[C@H](COP(=O)(O)OP(=O)(O)OP(=O)(O)O)[C@@H](O)[C@H]1O. The van der Waals surface area contributed by atoms with Crippen molar-refractivity contribution in [2.24, 2.45) is 0 Å². The fourth-order valence-corrected chi connectivity index (χ4v) is 6.25. The van der Waals surface area contributed by atoms with Crippen LogP contribution in [0.3, 0.4) is 0 Å². The van der Waals surface area contributed by atoms with Gasteiger partial charge < -0.3 is 39.5 Å². The molecule has 0 spiro atoms. The zero-order valence-corrected chi connectivity index (χ0v) is 19.4. The van der Waals surface area contributed by atoms with Gasteiger partial charge in [0, 0.05) is 0 Å². The van der Waals surface area contributed by atoms with E-state index in [1.165, 1.54) is 0 Å². The zero-order chi connectivity index (χ0) is 24.1. The van der Waals surface area contributed by atoms with Crippen molar-refractivity contribution < 1.29 is 61.4 Å². The first kappa shape index (κ1) is 25.7. The van der Waals surface area contributed by atoms with Gasteiger partial charge in [-0.25, -0.2) is 23.7 Å². The number of aromatic amines is 1. The number of fused-ring (bicyclic) bond motifs is 1. The Kier molecular flexibility index (Phi) is 7.28. The number of hydrogen-bond acceptors (Lipinski definition) is 12. The summed E-state index contributed by atoms with van der Waals surface area (Å²) in [5.41, 5.74) is -0.765. The van der Waals surface area contributed by atoms with Gasteiger partial charge in [0.1, 0.15) is 18.3 Å². The quantitative estimate of drug-likeness (QED) is 0.142. The molecule has 1 aliphatic rings. The third-order valence-corrected chi connectivity index (χ3v) is 8.21. The predicted octanol–water partition coefficient (Wildman–Crippen LogP) is -1.16. The number of hydrogen-bond donors (Lipinski definition) is 7. The molecule has 22 heteroatoms. The molecule has 1 fully saturated rings. The molecule has 0 amide bonds. The topological polar surface area (TPSA) is 273 Å². The standard InChI is InChI=1S/C10H14BrN4O14P3/c11-10-14-4-7(12-2-13-8(4)18)15(10)9-6(17)5(16)3(27-9)1-26-31(22,23)29-32(24,25)28-30(19,20)21/h2-3,5-6,9,16-17H,1H2,(H,22,23)(H,24,25)(H,12,13,18)(H2,19,20,21)/t3-,5-,6-,9-/m1/s1. The lowest BCUT2D eigenvalue weighted by Crippen LogP contribution is -2.33. The van der Waals surface area contributed by atoms with E-state index >= 15 is 0 Å². The van der Waals surface area contributed by atoms with Crippen molar-refractivity contribution >= 4 is 50.6 Å². The first-order valence-corrected chi connectivity index (χ1v) is 13.3. The summed E-state index contributed by atoms with van der Waals surface area (Å²) < 4.78 is 51.8. The van der Waals surface area contributed by atoms with Crippen LogP contribution in [-0.2, 0) is 31.6 Å². The van der Waals surface area contributed by atoms with Crippen molar-refractivity contribution in [1.29, 1.82) is 0 Å². The molecule has 0 bridgehead atoms. The fraction of sp³-hybridized carbons (Fsp3) is 0.500. The van der Waals surface area contributed by atoms with Gasteiger partial charge in [-0.3, -0.25) is 13.9 Å². The highest BCUT2D eigenvalue weighted by Gasteiger charge is 2.47. The van der Waals surface area contributed by atoms with Crippen molar-refractivity contribution in [2.45, 2.75) is 24.5 Å². The van der Waals surface area contributed by atoms with Crippen molar-refractivity contribution in [3.8, 4) is 0 Å². The van der Waals surface area contributed by atoms with Gasteiger partial charge in [-0.05, 0) is 15.9 Å². The number of imidazole rings is 1. The maximum Gasteiger partial charge on any atom is 0.490 e. The summed E-state index contributed by atoms with van der Waals surface area (Å²) in [6.45, 7) is -1.00. The molecule has 0 aliphatic carbocycles. The molecule has 0 aromatic carbocycles. The molecule has 1 saturated heterocycles. The molecule has 32 heavy (non-hydrogen) atoms. The Balaban J connectivity index is 1.74. The third-order valence-electron chi connectivity index (χ3n) is 3.85. The molecule has 0 radical (unpaired) electrons. The summed E-state index contributed by atoms with van der Waals surface area (Å²) in [6.07, 6.45) is -5.29. The van der Waals surface area contributed by atoms with Gasteiger partial charge >= 0.3 is 23.5 Å². The van der Waals surface area contributed by atoms with Crippen molar-refractivity contribution in [3.05, 3.63) is 21.4 Å². The first-order valence-electron chi connectivity index (χ1n) is 8.01. The number of phosphoric acid groups is 3. The highest BCUT2D eigenvalue weighted by molar-refractivity contribution is 9.10. The minimum absolute atomic E-state index is 0.0125. The van der Waals surface area contributed by atoms with E-state index < -0.39 is 60.2 Å². The van der Waals surface area contributed by atoms with E-state index in [0.717, 1.165) is 10.9 Å². The van der Waals surface area contributed by atoms with Crippen LogP contribution in [0.4, 0.5) is 0 Å². The second kappa shape index (κ2) is 9.05.